The molecule has 0 spiro atoms. The first-order valence-electron chi connectivity index (χ1n) is 5.55. The molecule has 1 rings (SSSR count). The van der Waals surface area contributed by atoms with Gasteiger partial charge in [0.15, 0.2) is 5.78 Å². The van der Waals surface area contributed by atoms with Crippen LogP contribution < -0.4 is 0 Å². The Balaban J connectivity index is 3.12. The molecule has 1 aromatic carbocycles. The molecule has 0 unspecified atom stereocenters. The summed E-state index contributed by atoms with van der Waals surface area (Å²) < 4.78 is 13.3. The summed E-state index contributed by atoms with van der Waals surface area (Å²) >= 11 is 0. The largest absolute Gasteiger partial charge is 0.507 e. The van der Waals surface area contributed by atoms with Gasteiger partial charge in [-0.15, -0.1) is 0 Å². The molecule has 0 aliphatic rings. The van der Waals surface area contributed by atoms with Gasteiger partial charge in [-0.2, -0.15) is 0 Å². The molecule has 0 bridgehead atoms. The zero-order valence-corrected chi connectivity index (χ0v) is 10.6. The van der Waals surface area contributed by atoms with Crippen molar-refractivity contribution in [2.45, 2.75) is 33.4 Å². The van der Waals surface area contributed by atoms with Crippen molar-refractivity contribution < 1.29 is 14.3 Å². The topological polar surface area (TPSA) is 40.5 Å². The van der Waals surface area contributed by atoms with Crippen LogP contribution in [-0.2, 0) is 6.54 Å². The second-order valence-corrected chi connectivity index (χ2v) is 4.53. The van der Waals surface area contributed by atoms with Crippen LogP contribution in [0.4, 0.5) is 4.39 Å². The van der Waals surface area contributed by atoms with E-state index in [-0.39, 0.29) is 23.1 Å². The summed E-state index contributed by atoms with van der Waals surface area (Å²) in [6.07, 6.45) is 0. The Morgan fingerprint density at radius 2 is 2.06 bits per heavy atom. The van der Waals surface area contributed by atoms with Gasteiger partial charge in [-0.25, -0.2) is 4.39 Å². The molecule has 0 heterocycles. The maximum absolute atomic E-state index is 13.3. The highest BCUT2D eigenvalue weighted by atomic mass is 19.1. The number of benzene rings is 1. The van der Waals surface area contributed by atoms with Gasteiger partial charge in [0.1, 0.15) is 11.6 Å². The molecule has 0 aliphatic heterocycles. The minimum atomic E-state index is -0.500. The summed E-state index contributed by atoms with van der Waals surface area (Å²) in [6, 6.07) is 2.61. The predicted octanol–water partition coefficient (Wildman–Crippen LogP) is 2.57. The quantitative estimate of drug-likeness (QED) is 0.821. The molecular formula is C13H18FNO2. The Hall–Kier alpha value is -1.42. The molecule has 0 amide bonds. The number of Topliss-reactive ketones (excluding diaryl/α,β-unsaturated/α-hetero) is 1. The lowest BCUT2D eigenvalue weighted by Gasteiger charge is -2.22. The van der Waals surface area contributed by atoms with Gasteiger partial charge in [0.2, 0.25) is 0 Å². The van der Waals surface area contributed by atoms with Crippen LogP contribution in [0, 0.1) is 5.82 Å². The lowest BCUT2D eigenvalue weighted by molar-refractivity contribution is 0.101. The standard InChI is InChI=1S/C13H18FNO2/c1-8(2)15(4)7-10-5-11(14)6-12(9(3)16)13(10)17/h5-6,8,17H,7H2,1-4H3. The van der Waals surface area contributed by atoms with E-state index in [2.05, 4.69) is 0 Å². The molecule has 0 fully saturated rings. The zero-order chi connectivity index (χ0) is 13.2. The number of phenols is 1. The number of rotatable bonds is 4. The Bertz CT molecular complexity index is 430. The summed E-state index contributed by atoms with van der Waals surface area (Å²) in [7, 11) is 1.88. The van der Waals surface area contributed by atoms with Crippen LogP contribution in [0.25, 0.3) is 0 Å². The monoisotopic (exact) mass is 239 g/mol. The molecule has 3 nitrogen and oxygen atoms in total. The number of aromatic hydroxyl groups is 1. The second kappa shape index (κ2) is 5.27. The van der Waals surface area contributed by atoms with E-state index in [1.165, 1.54) is 13.0 Å². The van der Waals surface area contributed by atoms with Crippen LogP contribution in [0.2, 0.25) is 0 Å². The summed E-state index contributed by atoms with van der Waals surface area (Å²) in [5.41, 5.74) is 0.476. The number of carbonyl (C=O) groups is 1. The van der Waals surface area contributed by atoms with Gasteiger partial charge in [-0.1, -0.05) is 0 Å². The van der Waals surface area contributed by atoms with Gasteiger partial charge in [-0.05, 0) is 40.0 Å². The highest BCUT2D eigenvalue weighted by Gasteiger charge is 2.15. The van der Waals surface area contributed by atoms with E-state index in [0.29, 0.717) is 12.1 Å². The van der Waals surface area contributed by atoms with Crippen molar-refractivity contribution in [2.75, 3.05) is 7.05 Å². The van der Waals surface area contributed by atoms with Gasteiger partial charge >= 0.3 is 0 Å². The van der Waals surface area contributed by atoms with Crippen LogP contribution in [0.3, 0.4) is 0 Å². The molecule has 4 heteroatoms. The van der Waals surface area contributed by atoms with E-state index >= 15 is 0 Å². The van der Waals surface area contributed by atoms with Crippen molar-refractivity contribution in [3.05, 3.63) is 29.1 Å². The first kappa shape index (κ1) is 13.6. The molecule has 0 saturated heterocycles. The fraction of sp³-hybridized carbons (Fsp3) is 0.462. The first-order valence-corrected chi connectivity index (χ1v) is 5.55. The van der Waals surface area contributed by atoms with E-state index in [1.54, 1.807) is 0 Å². The highest BCUT2D eigenvalue weighted by Crippen LogP contribution is 2.26. The lowest BCUT2D eigenvalue weighted by Crippen LogP contribution is -2.25. The van der Waals surface area contributed by atoms with Crippen molar-refractivity contribution >= 4 is 5.78 Å². The molecule has 1 aromatic rings. The fourth-order valence-corrected chi connectivity index (χ4v) is 1.50. The number of nitrogens with zero attached hydrogens (tertiary/aromatic N) is 1. The molecule has 0 aliphatic carbocycles. The van der Waals surface area contributed by atoms with Crippen molar-refractivity contribution in [3.8, 4) is 5.75 Å². The van der Waals surface area contributed by atoms with E-state index in [4.69, 9.17) is 0 Å². The second-order valence-electron chi connectivity index (χ2n) is 4.53. The van der Waals surface area contributed by atoms with Gasteiger partial charge in [0.25, 0.3) is 0 Å². The average molecular weight is 239 g/mol. The normalized spacial score (nSPS) is 11.2. The molecule has 0 atom stereocenters. The SMILES string of the molecule is CC(=O)c1cc(F)cc(CN(C)C(C)C)c1O. The Labute approximate surface area is 101 Å². The molecule has 1 N–H and O–H groups in total. The molecule has 0 aromatic heterocycles. The van der Waals surface area contributed by atoms with Crippen LogP contribution in [0.15, 0.2) is 12.1 Å². The lowest BCUT2D eigenvalue weighted by atomic mass is 10.0. The summed E-state index contributed by atoms with van der Waals surface area (Å²) in [6.45, 7) is 5.72. The summed E-state index contributed by atoms with van der Waals surface area (Å²) in [4.78, 5) is 13.2. The predicted molar refractivity (Wildman–Crippen MR) is 64.7 cm³/mol. The van der Waals surface area contributed by atoms with Crippen LogP contribution in [0.5, 0.6) is 5.75 Å². The van der Waals surface area contributed by atoms with Crippen molar-refractivity contribution in [1.82, 2.24) is 4.90 Å². The maximum Gasteiger partial charge on any atom is 0.163 e. The number of carbonyl (C=O) groups excluding carboxylic acids is 1. The minimum Gasteiger partial charge on any atom is -0.507 e. The number of phenolic OH excluding ortho intramolecular Hbond substituents is 1. The van der Waals surface area contributed by atoms with Crippen molar-refractivity contribution in [2.24, 2.45) is 0 Å². The maximum atomic E-state index is 13.3. The molecule has 0 saturated carbocycles. The molecule has 94 valence electrons. The Kier molecular flexibility index (Phi) is 4.23. The fourth-order valence-electron chi connectivity index (χ4n) is 1.50. The van der Waals surface area contributed by atoms with E-state index in [0.717, 1.165) is 6.07 Å². The van der Waals surface area contributed by atoms with Crippen molar-refractivity contribution in [3.63, 3.8) is 0 Å². The Morgan fingerprint density at radius 1 is 1.47 bits per heavy atom. The van der Waals surface area contributed by atoms with Gasteiger partial charge in [-0.3, -0.25) is 9.69 Å². The van der Waals surface area contributed by atoms with E-state index < -0.39 is 5.82 Å². The number of hydrogen-bond acceptors (Lipinski definition) is 3. The van der Waals surface area contributed by atoms with Crippen LogP contribution >= 0.6 is 0 Å². The van der Waals surface area contributed by atoms with Crippen LogP contribution in [-0.4, -0.2) is 28.9 Å². The summed E-state index contributed by atoms with van der Waals surface area (Å²) in [5.74, 6) is -0.956. The Morgan fingerprint density at radius 3 is 2.53 bits per heavy atom. The summed E-state index contributed by atoms with van der Waals surface area (Å²) in [5, 5.41) is 9.90. The molecular weight excluding hydrogens is 221 g/mol. The van der Waals surface area contributed by atoms with Gasteiger partial charge in [0.05, 0.1) is 5.56 Å². The number of hydrogen-bond donors (Lipinski definition) is 1. The van der Waals surface area contributed by atoms with Crippen molar-refractivity contribution in [1.29, 1.82) is 0 Å². The van der Waals surface area contributed by atoms with E-state index in [9.17, 15) is 14.3 Å². The third-order valence-corrected chi connectivity index (χ3v) is 2.83. The van der Waals surface area contributed by atoms with E-state index in [1.807, 2.05) is 25.8 Å². The van der Waals surface area contributed by atoms with Gasteiger partial charge < -0.3 is 5.11 Å². The average Bonchev–Trinajstić information content (AvgIpc) is 2.22. The van der Waals surface area contributed by atoms with Gasteiger partial charge in [0, 0.05) is 18.2 Å². The minimum absolute atomic E-state index is 0.0390. The number of halogens is 1. The first-order chi connectivity index (χ1) is 7.82. The number of ketones is 1. The highest BCUT2D eigenvalue weighted by molar-refractivity contribution is 5.97. The smallest absolute Gasteiger partial charge is 0.163 e. The van der Waals surface area contributed by atoms with Crippen LogP contribution in [0.1, 0.15) is 36.7 Å². The molecule has 17 heavy (non-hydrogen) atoms. The molecule has 0 radical (unpaired) electrons. The third kappa shape index (κ3) is 3.27. The zero-order valence-electron chi connectivity index (χ0n) is 10.6. The third-order valence-electron chi connectivity index (χ3n) is 2.83.